The summed E-state index contributed by atoms with van der Waals surface area (Å²) in [5, 5.41) is 6.88. The van der Waals surface area contributed by atoms with E-state index in [1.165, 1.54) is 0 Å². The number of amides is 2. The van der Waals surface area contributed by atoms with Gasteiger partial charge in [0.1, 0.15) is 11.5 Å². The minimum Gasteiger partial charge on any atom is -0.466 e. The van der Waals surface area contributed by atoms with Crippen LogP contribution in [0, 0.1) is 26.2 Å². The maximum absolute atomic E-state index is 13.3. The first-order valence-electron chi connectivity index (χ1n) is 9.96. The molecule has 7 nitrogen and oxygen atoms in total. The molecule has 0 aliphatic carbocycles. The van der Waals surface area contributed by atoms with Gasteiger partial charge < -0.3 is 19.2 Å². The molecule has 4 heterocycles. The Hall–Kier alpha value is -2.57. The van der Waals surface area contributed by atoms with Gasteiger partial charge in [-0.3, -0.25) is 9.59 Å². The van der Waals surface area contributed by atoms with Gasteiger partial charge in [-0.25, -0.2) is 0 Å². The SMILES string of the molecule is CC[C@@]1(C(=O)NCc2cc(C)no2)C[C@@H]2CC[C@H]1N2C(=O)c1cc(C)oc1C. The molecular weight excluding hydrogens is 358 g/mol. The van der Waals surface area contributed by atoms with Crippen LogP contribution in [0.25, 0.3) is 0 Å². The van der Waals surface area contributed by atoms with Crippen molar-refractivity contribution in [3.8, 4) is 0 Å². The predicted molar refractivity (Wildman–Crippen MR) is 102 cm³/mol. The van der Waals surface area contributed by atoms with E-state index in [1.54, 1.807) is 6.07 Å². The fourth-order valence-corrected chi connectivity index (χ4v) is 5.10. The average Bonchev–Trinajstić information content (AvgIpc) is 3.42. The van der Waals surface area contributed by atoms with Crippen LogP contribution in [0.5, 0.6) is 0 Å². The standard InChI is InChI=1S/C21H27N3O4/c1-5-21(20(26)22-11-16-8-12(2)23-28-16)10-15-6-7-18(21)24(15)19(25)17-9-13(3)27-14(17)4/h8-9,15,18H,5-7,10-11H2,1-4H3,(H,22,26)/t15-,18+,21+/m0/s1. The van der Waals surface area contributed by atoms with E-state index in [1.807, 2.05) is 38.7 Å². The Morgan fingerprint density at radius 2 is 2.07 bits per heavy atom. The van der Waals surface area contributed by atoms with Gasteiger partial charge in [0.15, 0.2) is 5.76 Å². The number of nitrogens with one attached hydrogen (secondary N) is 1. The summed E-state index contributed by atoms with van der Waals surface area (Å²) >= 11 is 0. The van der Waals surface area contributed by atoms with Crippen molar-refractivity contribution >= 4 is 11.8 Å². The summed E-state index contributed by atoms with van der Waals surface area (Å²) in [7, 11) is 0. The Bertz CT molecular complexity index is 915. The molecule has 2 saturated heterocycles. The van der Waals surface area contributed by atoms with E-state index in [2.05, 4.69) is 10.5 Å². The molecule has 2 bridgehead atoms. The minimum atomic E-state index is -0.555. The smallest absolute Gasteiger partial charge is 0.257 e. The van der Waals surface area contributed by atoms with E-state index < -0.39 is 5.41 Å². The highest BCUT2D eigenvalue weighted by Gasteiger charge is 2.60. The Morgan fingerprint density at radius 3 is 2.68 bits per heavy atom. The first-order chi connectivity index (χ1) is 13.4. The number of hydrogen-bond donors (Lipinski definition) is 1. The summed E-state index contributed by atoms with van der Waals surface area (Å²) in [4.78, 5) is 28.4. The van der Waals surface area contributed by atoms with Gasteiger partial charge in [-0.1, -0.05) is 12.1 Å². The molecule has 2 fully saturated rings. The molecule has 0 spiro atoms. The van der Waals surface area contributed by atoms with Crippen molar-refractivity contribution < 1.29 is 18.5 Å². The first kappa shape index (κ1) is 18.8. The molecule has 2 aromatic heterocycles. The number of aromatic nitrogens is 1. The number of hydrogen-bond acceptors (Lipinski definition) is 5. The maximum Gasteiger partial charge on any atom is 0.257 e. The number of aryl methyl sites for hydroxylation is 3. The molecule has 0 unspecified atom stereocenters. The van der Waals surface area contributed by atoms with Gasteiger partial charge in [0, 0.05) is 18.2 Å². The third kappa shape index (κ3) is 2.84. The number of nitrogens with zero attached hydrogens (tertiary/aromatic N) is 2. The van der Waals surface area contributed by atoms with E-state index in [-0.39, 0.29) is 23.9 Å². The van der Waals surface area contributed by atoms with Crippen LogP contribution in [-0.4, -0.2) is 34.0 Å². The van der Waals surface area contributed by atoms with Crippen molar-refractivity contribution in [2.75, 3.05) is 0 Å². The van der Waals surface area contributed by atoms with Gasteiger partial charge in [0.05, 0.1) is 23.2 Å². The second-order valence-corrected chi connectivity index (χ2v) is 8.12. The Kier molecular flexibility index (Phi) is 4.56. The molecular formula is C21H27N3O4. The van der Waals surface area contributed by atoms with Gasteiger partial charge in [-0.15, -0.1) is 0 Å². The van der Waals surface area contributed by atoms with Crippen LogP contribution >= 0.6 is 0 Å². The molecule has 2 aromatic rings. The van der Waals surface area contributed by atoms with Crippen molar-refractivity contribution in [3.05, 3.63) is 40.7 Å². The van der Waals surface area contributed by atoms with Crippen LogP contribution in [0.1, 0.15) is 65.9 Å². The van der Waals surface area contributed by atoms with Crippen LogP contribution in [-0.2, 0) is 11.3 Å². The summed E-state index contributed by atoms with van der Waals surface area (Å²) < 4.78 is 10.8. The molecule has 2 aliphatic heterocycles. The molecule has 28 heavy (non-hydrogen) atoms. The van der Waals surface area contributed by atoms with E-state index in [4.69, 9.17) is 8.94 Å². The summed E-state index contributed by atoms with van der Waals surface area (Å²) in [6, 6.07) is 3.64. The van der Waals surface area contributed by atoms with Crippen molar-refractivity contribution in [2.45, 2.75) is 72.0 Å². The molecule has 0 saturated carbocycles. The molecule has 2 amide bonds. The molecule has 7 heteroatoms. The molecule has 0 radical (unpaired) electrons. The third-order valence-electron chi connectivity index (χ3n) is 6.43. The summed E-state index contributed by atoms with van der Waals surface area (Å²) in [5.41, 5.74) is 0.844. The van der Waals surface area contributed by atoms with Gasteiger partial charge >= 0.3 is 0 Å². The van der Waals surface area contributed by atoms with Crippen LogP contribution in [0.2, 0.25) is 0 Å². The largest absolute Gasteiger partial charge is 0.466 e. The lowest BCUT2D eigenvalue weighted by atomic mass is 9.71. The third-order valence-corrected chi connectivity index (χ3v) is 6.43. The zero-order chi connectivity index (χ0) is 20.1. The van der Waals surface area contributed by atoms with E-state index in [9.17, 15) is 9.59 Å². The Morgan fingerprint density at radius 1 is 1.29 bits per heavy atom. The van der Waals surface area contributed by atoms with Crippen LogP contribution < -0.4 is 5.32 Å². The molecule has 150 valence electrons. The first-order valence-corrected chi connectivity index (χ1v) is 9.96. The lowest BCUT2D eigenvalue weighted by molar-refractivity contribution is -0.133. The predicted octanol–water partition coefficient (Wildman–Crippen LogP) is 3.28. The van der Waals surface area contributed by atoms with Crippen LogP contribution in [0.4, 0.5) is 0 Å². The van der Waals surface area contributed by atoms with E-state index in [0.29, 0.717) is 36.5 Å². The zero-order valence-corrected chi connectivity index (χ0v) is 16.9. The molecule has 0 aromatic carbocycles. The molecule has 4 rings (SSSR count). The monoisotopic (exact) mass is 385 g/mol. The maximum atomic E-state index is 13.3. The lowest BCUT2D eigenvalue weighted by Gasteiger charge is -2.35. The van der Waals surface area contributed by atoms with Crippen LogP contribution in [0.3, 0.4) is 0 Å². The van der Waals surface area contributed by atoms with E-state index in [0.717, 1.165) is 24.3 Å². The van der Waals surface area contributed by atoms with Crippen molar-refractivity contribution in [2.24, 2.45) is 5.41 Å². The van der Waals surface area contributed by atoms with Gasteiger partial charge in [-0.2, -0.15) is 0 Å². The van der Waals surface area contributed by atoms with Crippen LogP contribution in [0.15, 0.2) is 21.1 Å². The fourth-order valence-electron chi connectivity index (χ4n) is 5.10. The number of carbonyl (C=O) groups excluding carboxylic acids is 2. The molecule has 1 N–H and O–H groups in total. The number of rotatable bonds is 5. The fraction of sp³-hybridized carbons (Fsp3) is 0.571. The highest BCUT2D eigenvalue weighted by atomic mass is 16.5. The van der Waals surface area contributed by atoms with Crippen molar-refractivity contribution in [1.29, 1.82) is 0 Å². The summed E-state index contributed by atoms with van der Waals surface area (Å²) in [6.07, 6.45) is 3.21. The summed E-state index contributed by atoms with van der Waals surface area (Å²) in [6.45, 7) is 7.86. The second-order valence-electron chi connectivity index (χ2n) is 8.12. The highest BCUT2D eigenvalue weighted by molar-refractivity contribution is 5.97. The zero-order valence-electron chi connectivity index (χ0n) is 16.9. The average molecular weight is 385 g/mol. The minimum absolute atomic E-state index is 0.00542. The number of furan rings is 1. The lowest BCUT2D eigenvalue weighted by Crippen LogP contribution is -2.49. The topological polar surface area (TPSA) is 88.6 Å². The van der Waals surface area contributed by atoms with Gasteiger partial charge in [0.25, 0.3) is 5.91 Å². The van der Waals surface area contributed by atoms with Crippen molar-refractivity contribution in [3.63, 3.8) is 0 Å². The van der Waals surface area contributed by atoms with E-state index >= 15 is 0 Å². The summed E-state index contributed by atoms with van der Waals surface area (Å²) in [5.74, 6) is 1.98. The quantitative estimate of drug-likeness (QED) is 0.853. The number of carbonyl (C=O) groups is 2. The molecule has 3 atom stereocenters. The Balaban J connectivity index is 1.55. The normalized spacial score (nSPS) is 26.1. The highest BCUT2D eigenvalue weighted by Crippen LogP contribution is 2.52. The van der Waals surface area contributed by atoms with Gasteiger partial charge in [0.2, 0.25) is 5.91 Å². The number of fused-ring (bicyclic) bond motifs is 2. The second kappa shape index (κ2) is 6.79. The van der Waals surface area contributed by atoms with Crippen molar-refractivity contribution in [1.82, 2.24) is 15.4 Å². The molecule has 2 aliphatic rings. The van der Waals surface area contributed by atoms with Gasteiger partial charge in [-0.05, 0) is 52.5 Å². The Labute approximate surface area is 164 Å².